The Bertz CT molecular complexity index is 1220. The van der Waals surface area contributed by atoms with Gasteiger partial charge in [0.25, 0.3) is 5.56 Å². The van der Waals surface area contributed by atoms with E-state index in [1.807, 2.05) is 55.5 Å². The number of aryl methyl sites for hydroxylation is 1. The second-order valence-corrected chi connectivity index (χ2v) is 7.98. The Kier molecular flexibility index (Phi) is 5.50. The second kappa shape index (κ2) is 8.38. The normalized spacial score (nSPS) is 12.0. The van der Waals surface area contributed by atoms with Crippen LogP contribution in [-0.2, 0) is 13.0 Å². The van der Waals surface area contributed by atoms with Crippen LogP contribution in [0.3, 0.4) is 0 Å². The third-order valence-corrected chi connectivity index (χ3v) is 5.73. The molecule has 1 atom stereocenters. The summed E-state index contributed by atoms with van der Waals surface area (Å²) in [6.45, 7) is 2.31. The first-order chi connectivity index (χ1) is 14.1. The van der Waals surface area contributed by atoms with Crippen LogP contribution in [0.5, 0.6) is 0 Å². The number of rotatable bonds is 6. The maximum atomic E-state index is 13.1. The quantitative estimate of drug-likeness (QED) is 0.349. The molecule has 0 aliphatic heterocycles. The van der Waals surface area contributed by atoms with Gasteiger partial charge in [0.05, 0.1) is 29.8 Å². The van der Waals surface area contributed by atoms with Crippen LogP contribution >= 0.6 is 11.8 Å². The number of nitrogens with zero attached hydrogens (tertiary/aromatic N) is 3. The van der Waals surface area contributed by atoms with E-state index in [1.165, 1.54) is 17.3 Å². The third kappa shape index (κ3) is 4.25. The van der Waals surface area contributed by atoms with Crippen molar-refractivity contribution in [3.05, 3.63) is 94.2 Å². The molecule has 0 aliphatic rings. The van der Waals surface area contributed by atoms with Gasteiger partial charge in [0, 0.05) is 0 Å². The van der Waals surface area contributed by atoms with Crippen molar-refractivity contribution in [3.63, 3.8) is 0 Å². The maximum absolute atomic E-state index is 13.1. The first-order valence-electron chi connectivity index (χ1n) is 9.28. The lowest BCUT2D eigenvalue weighted by atomic mass is 10.1. The molecule has 0 saturated heterocycles. The lowest BCUT2D eigenvalue weighted by Crippen LogP contribution is -2.24. The predicted octanol–water partition coefficient (Wildman–Crippen LogP) is 4.57. The topological polar surface area (TPSA) is 71.8 Å². The lowest BCUT2D eigenvalue weighted by molar-refractivity contribution is 0.476. The highest BCUT2D eigenvalue weighted by molar-refractivity contribution is 8.00. The van der Waals surface area contributed by atoms with Crippen LogP contribution in [0.4, 0.5) is 0 Å². The minimum absolute atomic E-state index is 0.137. The smallest absolute Gasteiger partial charge is 0.262 e. The molecule has 2 aromatic carbocycles. The number of fused-ring (bicyclic) bond motifs is 1. The van der Waals surface area contributed by atoms with E-state index in [1.54, 1.807) is 23.0 Å². The van der Waals surface area contributed by atoms with Gasteiger partial charge in [0.2, 0.25) is 0 Å². The Morgan fingerprint density at radius 3 is 2.66 bits per heavy atom. The molecular weight excluding hydrogens is 382 g/mol. The molecule has 0 bridgehead atoms. The van der Waals surface area contributed by atoms with Gasteiger partial charge in [0.15, 0.2) is 5.16 Å². The molecule has 4 rings (SSSR count). The molecule has 0 saturated carbocycles. The average molecular weight is 401 g/mol. The summed E-state index contributed by atoms with van der Waals surface area (Å²) < 4.78 is 7.02. The number of thioether (sulfide) groups is 1. The van der Waals surface area contributed by atoms with E-state index in [2.05, 4.69) is 6.07 Å². The summed E-state index contributed by atoms with van der Waals surface area (Å²) in [5.41, 5.74) is 2.75. The number of aromatic nitrogens is 2. The molecule has 6 heteroatoms. The minimum atomic E-state index is -0.367. The van der Waals surface area contributed by atoms with E-state index in [9.17, 15) is 10.1 Å². The van der Waals surface area contributed by atoms with E-state index in [0.717, 1.165) is 5.56 Å². The Morgan fingerprint density at radius 1 is 1.14 bits per heavy atom. The highest BCUT2D eigenvalue weighted by Crippen LogP contribution is 2.25. The summed E-state index contributed by atoms with van der Waals surface area (Å²) in [7, 11) is 0. The Labute approximate surface area is 172 Å². The fourth-order valence-corrected chi connectivity index (χ4v) is 4.12. The maximum Gasteiger partial charge on any atom is 0.262 e. The summed E-state index contributed by atoms with van der Waals surface area (Å²) in [5, 5.41) is 10.4. The summed E-state index contributed by atoms with van der Waals surface area (Å²) in [4.78, 5) is 17.8. The zero-order valence-electron chi connectivity index (χ0n) is 15.9. The number of nitriles is 1. The molecule has 0 N–H and O–H groups in total. The van der Waals surface area contributed by atoms with Gasteiger partial charge < -0.3 is 4.42 Å². The van der Waals surface area contributed by atoms with E-state index in [0.29, 0.717) is 28.2 Å². The summed E-state index contributed by atoms with van der Waals surface area (Å²) >= 11 is 1.31. The molecule has 1 unspecified atom stereocenters. The average Bonchev–Trinajstić information content (AvgIpc) is 3.25. The van der Waals surface area contributed by atoms with Gasteiger partial charge >= 0.3 is 0 Å². The highest BCUT2D eigenvalue weighted by atomic mass is 32.2. The van der Waals surface area contributed by atoms with Gasteiger partial charge in [-0.15, -0.1) is 0 Å². The number of para-hydroxylation sites is 1. The Morgan fingerprint density at radius 2 is 1.93 bits per heavy atom. The Hall–Kier alpha value is -3.30. The molecule has 0 amide bonds. The molecule has 144 valence electrons. The number of furan rings is 1. The van der Waals surface area contributed by atoms with Gasteiger partial charge in [0.1, 0.15) is 11.0 Å². The van der Waals surface area contributed by atoms with Gasteiger partial charge in [-0.2, -0.15) is 5.26 Å². The van der Waals surface area contributed by atoms with Crippen molar-refractivity contribution >= 4 is 22.7 Å². The molecule has 0 spiro atoms. The zero-order valence-corrected chi connectivity index (χ0v) is 16.7. The number of hydrogen-bond donors (Lipinski definition) is 0. The van der Waals surface area contributed by atoms with Gasteiger partial charge in [-0.25, -0.2) is 4.98 Å². The van der Waals surface area contributed by atoms with Crippen molar-refractivity contribution in [2.24, 2.45) is 0 Å². The van der Waals surface area contributed by atoms with Crippen LogP contribution in [0.1, 0.15) is 16.9 Å². The minimum Gasteiger partial charge on any atom is -0.467 e. The van der Waals surface area contributed by atoms with Gasteiger partial charge in [-0.05, 0) is 43.2 Å². The number of benzene rings is 2. The van der Waals surface area contributed by atoms with Crippen LogP contribution in [0.15, 0.2) is 81.3 Å². The standard InChI is InChI=1S/C23H19N3O2S/c1-16-8-10-17(11-9-16)13-19(14-24)29-23-25-21-7-3-2-6-20(21)22(27)26(23)15-18-5-4-12-28-18/h2-12,19H,13,15H2,1H3. The molecule has 0 radical (unpaired) electrons. The van der Waals surface area contributed by atoms with Crippen LogP contribution in [-0.4, -0.2) is 14.8 Å². The fraction of sp³-hybridized carbons (Fsp3) is 0.174. The third-order valence-electron chi connectivity index (χ3n) is 4.65. The zero-order chi connectivity index (χ0) is 20.2. The van der Waals surface area contributed by atoms with Gasteiger partial charge in [-0.3, -0.25) is 9.36 Å². The molecule has 29 heavy (non-hydrogen) atoms. The largest absolute Gasteiger partial charge is 0.467 e. The van der Waals surface area contributed by atoms with Gasteiger partial charge in [-0.1, -0.05) is 53.7 Å². The molecule has 2 aromatic heterocycles. The second-order valence-electron chi connectivity index (χ2n) is 6.81. The van der Waals surface area contributed by atoms with Crippen LogP contribution in [0, 0.1) is 18.3 Å². The van der Waals surface area contributed by atoms with E-state index >= 15 is 0 Å². The summed E-state index contributed by atoms with van der Waals surface area (Å²) in [6.07, 6.45) is 2.15. The molecule has 5 nitrogen and oxygen atoms in total. The van der Waals surface area contributed by atoms with Crippen LogP contribution in [0.2, 0.25) is 0 Å². The van der Waals surface area contributed by atoms with Crippen molar-refractivity contribution in [1.82, 2.24) is 9.55 Å². The summed E-state index contributed by atoms with van der Waals surface area (Å²) in [6, 6.07) is 21.4. The molecule has 0 fully saturated rings. The first-order valence-corrected chi connectivity index (χ1v) is 10.2. The van der Waals surface area contributed by atoms with E-state index in [4.69, 9.17) is 9.40 Å². The molecule has 4 aromatic rings. The van der Waals surface area contributed by atoms with Crippen molar-refractivity contribution in [2.75, 3.05) is 0 Å². The molecular formula is C23H19N3O2S. The van der Waals surface area contributed by atoms with Crippen molar-refractivity contribution in [1.29, 1.82) is 5.26 Å². The lowest BCUT2D eigenvalue weighted by Gasteiger charge is -2.15. The monoisotopic (exact) mass is 401 g/mol. The molecule has 2 heterocycles. The van der Waals surface area contributed by atoms with Crippen molar-refractivity contribution in [2.45, 2.75) is 30.3 Å². The summed E-state index contributed by atoms with van der Waals surface area (Å²) in [5.74, 6) is 0.665. The van der Waals surface area contributed by atoms with Crippen molar-refractivity contribution in [3.8, 4) is 6.07 Å². The van der Waals surface area contributed by atoms with E-state index in [-0.39, 0.29) is 17.4 Å². The fourth-order valence-electron chi connectivity index (χ4n) is 3.11. The predicted molar refractivity (Wildman–Crippen MR) is 114 cm³/mol. The number of hydrogen-bond acceptors (Lipinski definition) is 5. The van der Waals surface area contributed by atoms with Crippen LogP contribution in [0.25, 0.3) is 10.9 Å². The van der Waals surface area contributed by atoms with E-state index < -0.39 is 0 Å². The van der Waals surface area contributed by atoms with Crippen molar-refractivity contribution < 1.29 is 4.42 Å². The SMILES string of the molecule is Cc1ccc(CC(C#N)Sc2nc3ccccc3c(=O)n2Cc2ccco2)cc1. The highest BCUT2D eigenvalue weighted by Gasteiger charge is 2.18. The Balaban J connectivity index is 1.71. The molecule has 0 aliphatic carbocycles. The van der Waals surface area contributed by atoms with Crippen LogP contribution < -0.4 is 5.56 Å². The first kappa shape index (κ1) is 19.0.